The minimum atomic E-state index is -0.171. The molecule has 17 heavy (non-hydrogen) atoms. The number of carbonyl (C=O) groups is 1. The molecule has 2 bridgehead atoms. The van der Waals surface area contributed by atoms with Gasteiger partial charge in [-0.05, 0) is 37.5 Å². The second kappa shape index (κ2) is 4.99. The van der Waals surface area contributed by atoms with Crippen molar-refractivity contribution in [3.63, 3.8) is 0 Å². The first-order chi connectivity index (χ1) is 8.11. The van der Waals surface area contributed by atoms with E-state index in [2.05, 4.69) is 13.8 Å². The van der Waals surface area contributed by atoms with E-state index in [-0.39, 0.29) is 11.6 Å². The monoisotopic (exact) mass is 238 g/mol. The first-order valence-corrected chi connectivity index (χ1v) is 7.31. The summed E-state index contributed by atoms with van der Waals surface area (Å²) in [6.07, 6.45) is 8.75. The van der Waals surface area contributed by atoms with Gasteiger partial charge in [0, 0.05) is 12.8 Å². The molecule has 0 saturated heterocycles. The lowest BCUT2D eigenvalue weighted by Crippen LogP contribution is -2.42. The topological polar surface area (TPSA) is 26.3 Å². The quantitative estimate of drug-likeness (QED) is 0.694. The van der Waals surface area contributed by atoms with Gasteiger partial charge in [-0.3, -0.25) is 4.79 Å². The summed E-state index contributed by atoms with van der Waals surface area (Å²) in [4.78, 5) is 11.4. The molecule has 98 valence electrons. The fourth-order valence-electron chi connectivity index (χ4n) is 4.39. The van der Waals surface area contributed by atoms with E-state index in [0.29, 0.717) is 5.92 Å². The molecular formula is C15H26O2. The Morgan fingerprint density at radius 3 is 2.47 bits per heavy atom. The molecule has 3 unspecified atom stereocenters. The van der Waals surface area contributed by atoms with Crippen molar-refractivity contribution in [1.82, 2.24) is 0 Å². The van der Waals surface area contributed by atoms with Gasteiger partial charge >= 0.3 is 5.97 Å². The molecule has 0 aromatic carbocycles. The van der Waals surface area contributed by atoms with Crippen LogP contribution in [0.3, 0.4) is 0 Å². The van der Waals surface area contributed by atoms with Crippen LogP contribution in [0.2, 0.25) is 0 Å². The molecule has 0 spiro atoms. The van der Waals surface area contributed by atoms with Crippen LogP contribution in [0.1, 0.15) is 65.7 Å². The molecular weight excluding hydrogens is 212 g/mol. The van der Waals surface area contributed by atoms with Gasteiger partial charge in [-0.1, -0.05) is 33.1 Å². The van der Waals surface area contributed by atoms with Crippen LogP contribution in [-0.2, 0) is 9.53 Å². The first-order valence-electron chi connectivity index (χ1n) is 7.31. The molecule has 2 nitrogen and oxygen atoms in total. The van der Waals surface area contributed by atoms with Crippen molar-refractivity contribution in [2.24, 2.45) is 17.8 Å². The van der Waals surface area contributed by atoms with Crippen LogP contribution < -0.4 is 0 Å². The number of esters is 1. The summed E-state index contributed by atoms with van der Waals surface area (Å²) in [7, 11) is 0. The van der Waals surface area contributed by atoms with Gasteiger partial charge < -0.3 is 4.74 Å². The Balaban J connectivity index is 2.18. The van der Waals surface area contributed by atoms with E-state index < -0.39 is 0 Å². The number of fused-ring (bicyclic) bond motifs is 2. The molecule has 3 atom stereocenters. The Bertz CT molecular complexity index is 281. The van der Waals surface area contributed by atoms with Crippen LogP contribution in [0.25, 0.3) is 0 Å². The summed E-state index contributed by atoms with van der Waals surface area (Å²) in [5, 5.41) is 0. The number of ether oxygens (including phenoxy) is 1. The SMILES string of the molecule is CCC(CC)(OC(C)=O)C1CC2CCCC1C2. The highest BCUT2D eigenvalue weighted by Crippen LogP contribution is 2.52. The van der Waals surface area contributed by atoms with Crippen LogP contribution in [0, 0.1) is 17.8 Å². The number of carbonyl (C=O) groups excluding carboxylic acids is 1. The predicted molar refractivity (Wildman–Crippen MR) is 68.6 cm³/mol. The molecule has 0 amide bonds. The molecule has 0 aromatic rings. The fraction of sp³-hybridized carbons (Fsp3) is 0.933. The third-order valence-electron chi connectivity index (χ3n) is 5.20. The highest BCUT2D eigenvalue weighted by molar-refractivity contribution is 5.66. The molecule has 0 radical (unpaired) electrons. The van der Waals surface area contributed by atoms with E-state index in [9.17, 15) is 4.79 Å². The van der Waals surface area contributed by atoms with E-state index >= 15 is 0 Å². The van der Waals surface area contributed by atoms with Crippen molar-refractivity contribution in [2.75, 3.05) is 0 Å². The van der Waals surface area contributed by atoms with Crippen molar-refractivity contribution < 1.29 is 9.53 Å². The number of rotatable bonds is 4. The Morgan fingerprint density at radius 2 is 1.94 bits per heavy atom. The standard InChI is InChI=1S/C15H26O2/c1-4-15(5-2,17-11(3)16)14-10-12-7-6-8-13(14)9-12/h12-14H,4-10H2,1-3H3. The van der Waals surface area contributed by atoms with E-state index in [1.807, 2.05) is 0 Å². The van der Waals surface area contributed by atoms with Crippen molar-refractivity contribution in [1.29, 1.82) is 0 Å². The zero-order valence-corrected chi connectivity index (χ0v) is 11.5. The maximum atomic E-state index is 11.4. The minimum absolute atomic E-state index is 0.102. The lowest BCUT2D eigenvalue weighted by molar-refractivity contribution is -0.167. The second-order valence-corrected chi connectivity index (χ2v) is 6.00. The third kappa shape index (κ3) is 2.36. The Labute approximate surface area is 105 Å². The molecule has 2 fully saturated rings. The van der Waals surface area contributed by atoms with E-state index in [0.717, 1.165) is 24.7 Å². The van der Waals surface area contributed by atoms with E-state index in [1.54, 1.807) is 6.92 Å². The summed E-state index contributed by atoms with van der Waals surface area (Å²) < 4.78 is 5.79. The van der Waals surface area contributed by atoms with Gasteiger partial charge in [0.05, 0.1) is 0 Å². The summed E-state index contributed by atoms with van der Waals surface area (Å²) in [6, 6.07) is 0. The molecule has 2 saturated carbocycles. The van der Waals surface area contributed by atoms with Crippen LogP contribution in [0.15, 0.2) is 0 Å². The Kier molecular flexibility index (Phi) is 3.79. The zero-order valence-electron chi connectivity index (χ0n) is 11.5. The smallest absolute Gasteiger partial charge is 0.303 e. The van der Waals surface area contributed by atoms with Gasteiger partial charge in [-0.2, -0.15) is 0 Å². The zero-order chi connectivity index (χ0) is 12.5. The van der Waals surface area contributed by atoms with Crippen molar-refractivity contribution >= 4 is 5.97 Å². The first kappa shape index (κ1) is 12.9. The van der Waals surface area contributed by atoms with E-state index in [1.165, 1.54) is 32.1 Å². The average molecular weight is 238 g/mol. The Morgan fingerprint density at radius 1 is 1.24 bits per heavy atom. The molecule has 2 heteroatoms. The summed E-state index contributed by atoms with van der Waals surface area (Å²) in [5.74, 6) is 2.24. The Hall–Kier alpha value is -0.530. The molecule has 0 N–H and O–H groups in total. The normalized spacial score (nSPS) is 32.5. The second-order valence-electron chi connectivity index (χ2n) is 6.00. The van der Waals surface area contributed by atoms with Gasteiger partial charge in [0.1, 0.15) is 5.60 Å². The van der Waals surface area contributed by atoms with Gasteiger partial charge in [0.25, 0.3) is 0 Å². The average Bonchev–Trinajstić information content (AvgIpc) is 2.61. The predicted octanol–water partition coefficient (Wildman–Crippen LogP) is 3.93. The molecule has 0 heterocycles. The third-order valence-corrected chi connectivity index (χ3v) is 5.20. The lowest BCUT2D eigenvalue weighted by atomic mass is 9.75. The molecule has 0 aliphatic heterocycles. The maximum absolute atomic E-state index is 11.4. The highest BCUT2D eigenvalue weighted by Gasteiger charge is 2.49. The number of hydrogen-bond acceptors (Lipinski definition) is 2. The summed E-state index contributed by atoms with van der Waals surface area (Å²) in [6.45, 7) is 5.91. The van der Waals surface area contributed by atoms with Crippen molar-refractivity contribution in [3.8, 4) is 0 Å². The molecule has 0 aromatic heterocycles. The fourth-order valence-corrected chi connectivity index (χ4v) is 4.39. The summed E-state index contributed by atoms with van der Waals surface area (Å²) in [5.41, 5.74) is -0.171. The molecule has 2 rings (SSSR count). The van der Waals surface area contributed by atoms with Gasteiger partial charge in [0.2, 0.25) is 0 Å². The minimum Gasteiger partial charge on any atom is -0.459 e. The van der Waals surface area contributed by atoms with Gasteiger partial charge in [0.15, 0.2) is 0 Å². The van der Waals surface area contributed by atoms with E-state index in [4.69, 9.17) is 4.74 Å². The number of hydrogen-bond donors (Lipinski definition) is 0. The maximum Gasteiger partial charge on any atom is 0.303 e. The van der Waals surface area contributed by atoms with Crippen LogP contribution in [0.4, 0.5) is 0 Å². The largest absolute Gasteiger partial charge is 0.459 e. The summed E-state index contributed by atoms with van der Waals surface area (Å²) >= 11 is 0. The molecule has 2 aliphatic rings. The molecule has 2 aliphatic carbocycles. The van der Waals surface area contributed by atoms with Crippen LogP contribution in [-0.4, -0.2) is 11.6 Å². The van der Waals surface area contributed by atoms with Crippen LogP contribution >= 0.6 is 0 Å². The van der Waals surface area contributed by atoms with Crippen molar-refractivity contribution in [2.45, 2.75) is 71.3 Å². The van der Waals surface area contributed by atoms with Gasteiger partial charge in [-0.25, -0.2) is 0 Å². The lowest BCUT2D eigenvalue weighted by Gasteiger charge is -2.40. The highest BCUT2D eigenvalue weighted by atomic mass is 16.6. The van der Waals surface area contributed by atoms with Crippen LogP contribution in [0.5, 0.6) is 0 Å². The van der Waals surface area contributed by atoms with Crippen molar-refractivity contribution in [3.05, 3.63) is 0 Å². The van der Waals surface area contributed by atoms with Gasteiger partial charge in [-0.15, -0.1) is 0 Å².